The first-order chi connectivity index (χ1) is 11.7. The van der Waals surface area contributed by atoms with E-state index < -0.39 is 0 Å². The smallest absolute Gasteiger partial charge is 0.227 e. The van der Waals surface area contributed by atoms with Crippen LogP contribution in [-0.4, -0.2) is 25.6 Å². The Labute approximate surface area is 144 Å². The molecule has 0 aliphatic rings. The number of ether oxygens (including phenoxy) is 1. The van der Waals surface area contributed by atoms with Crippen LogP contribution >= 0.6 is 0 Å². The fourth-order valence-corrected chi connectivity index (χ4v) is 2.77. The Bertz CT molecular complexity index is 626. The number of nitrogens with two attached hydrogens (primary N) is 1. The van der Waals surface area contributed by atoms with Crippen LogP contribution in [0.25, 0.3) is 0 Å². The molecule has 2 rings (SSSR count). The van der Waals surface area contributed by atoms with Crippen LogP contribution in [0.5, 0.6) is 5.75 Å². The van der Waals surface area contributed by atoms with Crippen molar-refractivity contribution in [3.05, 3.63) is 60.2 Å². The molecule has 2 aromatic carbocycles. The summed E-state index contributed by atoms with van der Waals surface area (Å²) < 4.78 is 5.46. The van der Waals surface area contributed by atoms with Gasteiger partial charge in [0.2, 0.25) is 5.91 Å². The highest BCUT2D eigenvalue weighted by Crippen LogP contribution is 2.24. The van der Waals surface area contributed by atoms with E-state index in [9.17, 15) is 4.79 Å². The van der Waals surface area contributed by atoms with Crippen LogP contribution in [0.15, 0.2) is 54.6 Å². The quantitative estimate of drug-likeness (QED) is 0.807. The number of anilines is 1. The molecule has 0 saturated carbocycles. The van der Waals surface area contributed by atoms with Crippen molar-refractivity contribution in [2.24, 2.45) is 5.73 Å². The van der Waals surface area contributed by atoms with Crippen LogP contribution in [0.1, 0.15) is 31.7 Å². The maximum atomic E-state index is 12.7. The zero-order valence-electron chi connectivity index (χ0n) is 14.4. The first-order valence-corrected chi connectivity index (χ1v) is 8.47. The highest BCUT2D eigenvalue weighted by Gasteiger charge is 2.20. The number of para-hydroxylation sites is 1. The van der Waals surface area contributed by atoms with E-state index in [1.54, 1.807) is 4.90 Å². The summed E-state index contributed by atoms with van der Waals surface area (Å²) in [6.45, 7) is 5.66. The summed E-state index contributed by atoms with van der Waals surface area (Å²) in [6, 6.07) is 17.6. The highest BCUT2D eigenvalue weighted by atomic mass is 16.5. The Hall–Kier alpha value is -2.33. The highest BCUT2D eigenvalue weighted by molar-refractivity contribution is 5.93. The van der Waals surface area contributed by atoms with Gasteiger partial charge in [0.15, 0.2) is 0 Å². The zero-order chi connectivity index (χ0) is 17.4. The van der Waals surface area contributed by atoms with Gasteiger partial charge < -0.3 is 15.4 Å². The Morgan fingerprint density at radius 2 is 1.75 bits per heavy atom. The SMILES string of the molecule is CCOc1ccc(C(CN)CC(=O)N(CC)c2ccccc2)cc1. The largest absolute Gasteiger partial charge is 0.494 e. The topological polar surface area (TPSA) is 55.6 Å². The molecule has 4 heteroatoms. The van der Waals surface area contributed by atoms with Crippen molar-refractivity contribution < 1.29 is 9.53 Å². The number of nitrogens with zero attached hydrogens (tertiary/aromatic N) is 1. The third-order valence-corrected chi connectivity index (χ3v) is 4.05. The van der Waals surface area contributed by atoms with Crippen molar-refractivity contribution in [3.63, 3.8) is 0 Å². The number of carbonyl (C=O) groups is 1. The van der Waals surface area contributed by atoms with Crippen molar-refractivity contribution in [1.29, 1.82) is 0 Å². The minimum Gasteiger partial charge on any atom is -0.494 e. The molecule has 0 bridgehead atoms. The van der Waals surface area contributed by atoms with E-state index in [1.807, 2.05) is 68.4 Å². The summed E-state index contributed by atoms with van der Waals surface area (Å²) in [6.07, 6.45) is 0.396. The summed E-state index contributed by atoms with van der Waals surface area (Å²) in [7, 11) is 0. The second kappa shape index (κ2) is 9.08. The molecule has 0 spiro atoms. The predicted molar refractivity (Wildman–Crippen MR) is 98.5 cm³/mol. The maximum absolute atomic E-state index is 12.7. The van der Waals surface area contributed by atoms with Gasteiger partial charge in [0.25, 0.3) is 0 Å². The molecule has 24 heavy (non-hydrogen) atoms. The van der Waals surface area contributed by atoms with Gasteiger partial charge in [0, 0.05) is 24.6 Å². The lowest BCUT2D eigenvalue weighted by Gasteiger charge is -2.24. The van der Waals surface area contributed by atoms with Crippen LogP contribution in [-0.2, 0) is 4.79 Å². The molecule has 0 radical (unpaired) electrons. The summed E-state index contributed by atoms with van der Waals surface area (Å²) >= 11 is 0. The standard InChI is InChI=1S/C20H26N2O2/c1-3-22(18-8-6-5-7-9-18)20(23)14-17(15-21)16-10-12-19(13-11-16)24-4-2/h5-13,17H,3-4,14-15,21H2,1-2H3. The van der Waals surface area contributed by atoms with Gasteiger partial charge in [0.05, 0.1) is 6.61 Å². The van der Waals surface area contributed by atoms with E-state index in [4.69, 9.17) is 10.5 Å². The first kappa shape index (κ1) is 18.0. The molecule has 128 valence electrons. The Balaban J connectivity index is 2.09. The molecule has 1 atom stereocenters. The van der Waals surface area contributed by atoms with Gasteiger partial charge >= 0.3 is 0 Å². The van der Waals surface area contributed by atoms with Gasteiger partial charge in [-0.15, -0.1) is 0 Å². The van der Waals surface area contributed by atoms with Gasteiger partial charge in [-0.2, -0.15) is 0 Å². The monoisotopic (exact) mass is 326 g/mol. The molecule has 0 aliphatic carbocycles. The minimum atomic E-state index is 0.00550. The molecule has 0 heterocycles. The van der Waals surface area contributed by atoms with Crippen LogP contribution in [0, 0.1) is 0 Å². The maximum Gasteiger partial charge on any atom is 0.227 e. The third kappa shape index (κ3) is 4.59. The molecule has 0 aromatic heterocycles. The number of carbonyl (C=O) groups excluding carboxylic acids is 1. The van der Waals surface area contributed by atoms with E-state index >= 15 is 0 Å². The number of amides is 1. The molecule has 0 fully saturated rings. The molecular formula is C20H26N2O2. The van der Waals surface area contributed by atoms with Gasteiger partial charge in [0.1, 0.15) is 5.75 Å². The average molecular weight is 326 g/mol. The fraction of sp³-hybridized carbons (Fsp3) is 0.350. The second-order valence-electron chi connectivity index (χ2n) is 5.61. The van der Waals surface area contributed by atoms with Gasteiger partial charge in [-0.3, -0.25) is 4.79 Å². The summed E-state index contributed by atoms with van der Waals surface area (Å²) in [4.78, 5) is 14.5. The number of hydrogen-bond donors (Lipinski definition) is 1. The first-order valence-electron chi connectivity index (χ1n) is 8.47. The number of hydrogen-bond acceptors (Lipinski definition) is 3. The lowest BCUT2D eigenvalue weighted by molar-refractivity contribution is -0.118. The fourth-order valence-electron chi connectivity index (χ4n) is 2.77. The van der Waals surface area contributed by atoms with Crippen molar-refractivity contribution in [3.8, 4) is 5.75 Å². The van der Waals surface area contributed by atoms with Crippen molar-refractivity contribution in [2.45, 2.75) is 26.2 Å². The lowest BCUT2D eigenvalue weighted by atomic mass is 9.95. The minimum absolute atomic E-state index is 0.00550. The molecule has 1 unspecified atom stereocenters. The second-order valence-corrected chi connectivity index (χ2v) is 5.61. The van der Waals surface area contributed by atoms with Crippen molar-refractivity contribution in [2.75, 3.05) is 24.6 Å². The van der Waals surface area contributed by atoms with Crippen LogP contribution in [0.4, 0.5) is 5.69 Å². The van der Waals surface area contributed by atoms with Crippen LogP contribution < -0.4 is 15.4 Å². The van der Waals surface area contributed by atoms with E-state index in [-0.39, 0.29) is 11.8 Å². The normalized spacial score (nSPS) is 11.8. The van der Waals surface area contributed by atoms with E-state index in [2.05, 4.69) is 0 Å². The van der Waals surface area contributed by atoms with Gasteiger partial charge in [-0.1, -0.05) is 30.3 Å². The van der Waals surface area contributed by atoms with E-state index in [1.165, 1.54) is 0 Å². The van der Waals surface area contributed by atoms with Crippen molar-refractivity contribution in [1.82, 2.24) is 0 Å². The van der Waals surface area contributed by atoms with E-state index in [0.717, 1.165) is 17.0 Å². The zero-order valence-corrected chi connectivity index (χ0v) is 14.4. The molecule has 2 N–H and O–H groups in total. The Morgan fingerprint density at radius 3 is 2.29 bits per heavy atom. The van der Waals surface area contributed by atoms with Crippen LogP contribution in [0.2, 0.25) is 0 Å². The molecule has 0 saturated heterocycles. The van der Waals surface area contributed by atoms with Crippen molar-refractivity contribution >= 4 is 11.6 Å². The molecular weight excluding hydrogens is 300 g/mol. The van der Waals surface area contributed by atoms with Gasteiger partial charge in [-0.05, 0) is 50.2 Å². The van der Waals surface area contributed by atoms with E-state index in [0.29, 0.717) is 26.1 Å². The molecule has 2 aromatic rings. The average Bonchev–Trinajstić information content (AvgIpc) is 2.62. The Kier molecular flexibility index (Phi) is 6.82. The molecule has 1 amide bonds. The molecule has 4 nitrogen and oxygen atoms in total. The number of benzene rings is 2. The Morgan fingerprint density at radius 1 is 1.08 bits per heavy atom. The predicted octanol–water partition coefficient (Wildman–Crippen LogP) is 3.57. The molecule has 0 aliphatic heterocycles. The third-order valence-electron chi connectivity index (χ3n) is 4.05. The lowest BCUT2D eigenvalue weighted by Crippen LogP contribution is -2.32. The summed E-state index contributed by atoms with van der Waals surface area (Å²) in [5.41, 5.74) is 7.92. The summed E-state index contributed by atoms with van der Waals surface area (Å²) in [5.74, 6) is 0.932. The van der Waals surface area contributed by atoms with Crippen LogP contribution in [0.3, 0.4) is 0 Å². The summed E-state index contributed by atoms with van der Waals surface area (Å²) in [5, 5.41) is 0. The van der Waals surface area contributed by atoms with Gasteiger partial charge in [-0.25, -0.2) is 0 Å². The number of rotatable bonds is 8.